The number of thiophene rings is 1. The van der Waals surface area contributed by atoms with E-state index in [9.17, 15) is 0 Å². The second-order valence-electron chi connectivity index (χ2n) is 1.21. The molecule has 8 heavy (non-hydrogen) atoms. The molecule has 0 saturated heterocycles. The first-order valence-corrected chi connectivity index (χ1v) is 3.82. The van der Waals surface area contributed by atoms with Crippen molar-refractivity contribution < 1.29 is 5.11 Å². The van der Waals surface area contributed by atoms with Crippen LogP contribution in [0.1, 0.15) is 0 Å². The van der Waals surface area contributed by atoms with Crippen molar-refractivity contribution in [1.29, 1.82) is 0 Å². The van der Waals surface area contributed by atoms with Crippen LogP contribution in [0.2, 0.25) is 4.34 Å². The van der Waals surface area contributed by atoms with Crippen LogP contribution in [0.3, 0.4) is 0 Å². The van der Waals surface area contributed by atoms with E-state index in [-0.39, 0.29) is 5.06 Å². The summed E-state index contributed by atoms with van der Waals surface area (Å²) in [6, 6.07) is 1.56. The molecular formula is C4H2BrClOS. The van der Waals surface area contributed by atoms with Crippen molar-refractivity contribution in [3.63, 3.8) is 0 Å². The molecule has 0 spiro atoms. The molecule has 0 aliphatic rings. The number of hydrogen-bond donors (Lipinski definition) is 1. The number of halogens is 2. The van der Waals surface area contributed by atoms with Gasteiger partial charge in [-0.1, -0.05) is 22.9 Å². The lowest BCUT2D eigenvalue weighted by atomic mass is 10.7. The molecule has 0 saturated carbocycles. The van der Waals surface area contributed by atoms with E-state index in [0.717, 1.165) is 15.8 Å². The van der Waals surface area contributed by atoms with E-state index in [1.54, 1.807) is 6.07 Å². The van der Waals surface area contributed by atoms with Crippen molar-refractivity contribution in [2.75, 3.05) is 0 Å². The summed E-state index contributed by atoms with van der Waals surface area (Å²) in [5.74, 6) is 0. The van der Waals surface area contributed by atoms with Crippen LogP contribution in [-0.4, -0.2) is 5.11 Å². The highest BCUT2D eigenvalue weighted by atomic mass is 79.9. The Hall–Kier alpha value is 0.270. The molecule has 0 unspecified atom stereocenters. The van der Waals surface area contributed by atoms with Gasteiger partial charge in [0.2, 0.25) is 0 Å². The smallest absolute Gasteiger partial charge is 0.173 e. The average Bonchev–Trinajstić information content (AvgIpc) is 1.85. The maximum atomic E-state index is 8.74. The molecule has 1 rings (SSSR count). The summed E-state index contributed by atoms with van der Waals surface area (Å²) < 4.78 is 1.34. The van der Waals surface area contributed by atoms with Crippen LogP contribution in [0, 0.1) is 0 Å². The van der Waals surface area contributed by atoms with Gasteiger partial charge in [-0.25, -0.2) is 0 Å². The van der Waals surface area contributed by atoms with E-state index in [2.05, 4.69) is 15.9 Å². The zero-order chi connectivity index (χ0) is 6.15. The number of aromatic hydroxyl groups is 1. The van der Waals surface area contributed by atoms with Gasteiger partial charge in [-0.15, -0.1) is 0 Å². The molecule has 0 fully saturated rings. The third-order valence-electron chi connectivity index (χ3n) is 0.632. The Morgan fingerprint density at radius 2 is 2.38 bits per heavy atom. The fourth-order valence-corrected chi connectivity index (χ4v) is 1.75. The Morgan fingerprint density at radius 3 is 2.50 bits per heavy atom. The molecule has 1 heterocycles. The summed E-state index contributed by atoms with van der Waals surface area (Å²) in [6.07, 6.45) is 0. The lowest BCUT2D eigenvalue weighted by Crippen LogP contribution is -1.45. The Labute approximate surface area is 64.0 Å². The SMILES string of the molecule is Oc1cc(Br)c(Cl)s1. The van der Waals surface area contributed by atoms with E-state index in [0.29, 0.717) is 4.34 Å². The first-order valence-electron chi connectivity index (χ1n) is 1.84. The van der Waals surface area contributed by atoms with Crippen LogP contribution in [0.5, 0.6) is 5.06 Å². The number of rotatable bonds is 0. The standard InChI is InChI=1S/C4H2BrClOS/c5-2-1-3(7)8-4(2)6/h1,7H. The van der Waals surface area contributed by atoms with Crippen LogP contribution < -0.4 is 0 Å². The van der Waals surface area contributed by atoms with Gasteiger partial charge in [0.25, 0.3) is 0 Å². The Morgan fingerprint density at radius 1 is 1.75 bits per heavy atom. The van der Waals surface area contributed by atoms with Gasteiger partial charge in [-0.05, 0) is 15.9 Å². The highest BCUT2D eigenvalue weighted by Crippen LogP contribution is 2.35. The molecular weight excluding hydrogens is 211 g/mol. The van der Waals surface area contributed by atoms with E-state index in [1.165, 1.54) is 0 Å². The Balaban J connectivity index is 3.14. The van der Waals surface area contributed by atoms with Gasteiger partial charge < -0.3 is 5.11 Å². The maximum Gasteiger partial charge on any atom is 0.173 e. The highest BCUT2D eigenvalue weighted by Gasteiger charge is 2.00. The fraction of sp³-hybridized carbons (Fsp3) is 0. The second kappa shape index (κ2) is 2.25. The lowest BCUT2D eigenvalue weighted by Gasteiger charge is -1.73. The van der Waals surface area contributed by atoms with E-state index in [4.69, 9.17) is 16.7 Å². The predicted octanol–water partition coefficient (Wildman–Crippen LogP) is 2.87. The van der Waals surface area contributed by atoms with E-state index in [1.807, 2.05) is 0 Å². The summed E-state index contributed by atoms with van der Waals surface area (Å²) in [5.41, 5.74) is 0. The quantitative estimate of drug-likeness (QED) is 0.703. The monoisotopic (exact) mass is 212 g/mol. The second-order valence-corrected chi connectivity index (χ2v) is 3.69. The van der Waals surface area contributed by atoms with Crippen LogP contribution in [0.4, 0.5) is 0 Å². The van der Waals surface area contributed by atoms with Gasteiger partial charge in [0.1, 0.15) is 4.34 Å². The summed E-state index contributed by atoms with van der Waals surface area (Å²) in [4.78, 5) is 0. The molecule has 44 valence electrons. The molecule has 4 heteroatoms. The summed E-state index contributed by atoms with van der Waals surface area (Å²) in [5, 5.41) is 8.98. The van der Waals surface area contributed by atoms with Crippen LogP contribution in [0.25, 0.3) is 0 Å². The molecule has 0 radical (unpaired) electrons. The molecule has 1 N–H and O–H groups in total. The van der Waals surface area contributed by atoms with Crippen LogP contribution >= 0.6 is 38.9 Å². The van der Waals surface area contributed by atoms with Crippen molar-refractivity contribution in [3.8, 4) is 5.06 Å². The van der Waals surface area contributed by atoms with Gasteiger partial charge in [-0.2, -0.15) is 0 Å². The van der Waals surface area contributed by atoms with Crippen molar-refractivity contribution in [2.24, 2.45) is 0 Å². The molecule has 1 aromatic heterocycles. The van der Waals surface area contributed by atoms with Crippen molar-refractivity contribution in [3.05, 3.63) is 14.9 Å². The van der Waals surface area contributed by atoms with Gasteiger partial charge in [0, 0.05) is 6.07 Å². The molecule has 0 amide bonds. The zero-order valence-corrected chi connectivity index (χ0v) is 6.85. The topological polar surface area (TPSA) is 20.2 Å². The summed E-state index contributed by atoms with van der Waals surface area (Å²) >= 11 is 9.82. The minimum atomic E-state index is 0.238. The third kappa shape index (κ3) is 1.16. The first-order chi connectivity index (χ1) is 3.70. The van der Waals surface area contributed by atoms with Crippen molar-refractivity contribution in [2.45, 2.75) is 0 Å². The molecule has 0 bridgehead atoms. The minimum absolute atomic E-state index is 0.238. The summed E-state index contributed by atoms with van der Waals surface area (Å²) in [7, 11) is 0. The Kier molecular flexibility index (Phi) is 1.80. The van der Waals surface area contributed by atoms with Crippen molar-refractivity contribution in [1.82, 2.24) is 0 Å². The highest BCUT2D eigenvalue weighted by molar-refractivity contribution is 9.10. The van der Waals surface area contributed by atoms with Gasteiger partial charge in [-0.3, -0.25) is 0 Å². The first kappa shape index (κ1) is 6.39. The van der Waals surface area contributed by atoms with Crippen molar-refractivity contribution >= 4 is 38.9 Å². The van der Waals surface area contributed by atoms with Gasteiger partial charge >= 0.3 is 0 Å². The molecule has 0 aromatic carbocycles. The normalized spacial score (nSPS) is 9.75. The van der Waals surface area contributed by atoms with Crippen LogP contribution in [0.15, 0.2) is 10.5 Å². The molecule has 0 atom stereocenters. The predicted molar refractivity (Wildman–Crippen MR) is 38.7 cm³/mol. The third-order valence-corrected chi connectivity index (χ3v) is 2.91. The van der Waals surface area contributed by atoms with E-state index < -0.39 is 0 Å². The van der Waals surface area contributed by atoms with Crippen LogP contribution in [-0.2, 0) is 0 Å². The zero-order valence-electron chi connectivity index (χ0n) is 3.69. The van der Waals surface area contributed by atoms with Gasteiger partial charge in [0.15, 0.2) is 5.06 Å². The summed E-state index contributed by atoms with van der Waals surface area (Å²) in [6.45, 7) is 0. The fourth-order valence-electron chi connectivity index (χ4n) is 0.335. The molecule has 1 nitrogen and oxygen atoms in total. The molecule has 0 aliphatic heterocycles. The Bertz CT molecular complexity index is 178. The van der Waals surface area contributed by atoms with E-state index >= 15 is 0 Å². The number of hydrogen-bond acceptors (Lipinski definition) is 2. The molecule has 0 aliphatic carbocycles. The largest absolute Gasteiger partial charge is 0.499 e. The van der Waals surface area contributed by atoms with Gasteiger partial charge in [0.05, 0.1) is 4.47 Å². The lowest BCUT2D eigenvalue weighted by molar-refractivity contribution is 0.491. The average molecular weight is 213 g/mol. The molecule has 1 aromatic rings. The minimum Gasteiger partial charge on any atom is -0.499 e. The maximum absolute atomic E-state index is 8.74.